The van der Waals surface area contributed by atoms with Gasteiger partial charge in [-0.15, -0.1) is 0 Å². The number of rotatable bonds is 2. The Kier molecular flexibility index (Phi) is 3.07. The molecule has 2 rings (SSSR count). The molecule has 2 heterocycles. The van der Waals surface area contributed by atoms with Gasteiger partial charge in [-0.1, -0.05) is 11.6 Å². The van der Waals surface area contributed by atoms with E-state index in [4.69, 9.17) is 11.6 Å². The van der Waals surface area contributed by atoms with Crippen LogP contribution in [-0.2, 0) is 0 Å². The van der Waals surface area contributed by atoms with Crippen LogP contribution in [0.25, 0.3) is 0 Å². The summed E-state index contributed by atoms with van der Waals surface area (Å²) >= 11 is 5.62. The zero-order valence-electron chi connectivity index (χ0n) is 8.50. The number of halogens is 2. The second-order valence-electron chi connectivity index (χ2n) is 3.88. The molecular weight excluding hydrogens is 217 g/mol. The number of anilines is 1. The first-order chi connectivity index (χ1) is 7.15. The molecule has 0 aliphatic carbocycles. The number of aromatic nitrogens is 1. The zero-order chi connectivity index (χ0) is 10.8. The van der Waals surface area contributed by atoms with Crippen molar-refractivity contribution >= 4 is 17.4 Å². The first-order valence-corrected chi connectivity index (χ1v) is 5.29. The SMILES string of the molecule is CN1CCC(Nc2ncc(Cl)cc2F)C1. The van der Waals surface area contributed by atoms with Gasteiger partial charge in [0.05, 0.1) is 5.02 Å². The first-order valence-electron chi connectivity index (χ1n) is 4.91. The number of nitrogens with one attached hydrogen (secondary N) is 1. The molecule has 1 atom stereocenters. The van der Waals surface area contributed by atoms with Crippen molar-refractivity contribution in [2.45, 2.75) is 12.5 Å². The van der Waals surface area contributed by atoms with E-state index >= 15 is 0 Å². The summed E-state index contributed by atoms with van der Waals surface area (Å²) < 4.78 is 13.4. The standard InChI is InChI=1S/C10H13ClFN3/c1-15-3-2-8(6-15)14-10-9(12)4-7(11)5-13-10/h4-5,8H,2-3,6H2,1H3,(H,13,14). The molecule has 3 nitrogen and oxygen atoms in total. The minimum Gasteiger partial charge on any atom is -0.364 e. The van der Waals surface area contributed by atoms with Crippen LogP contribution in [0.3, 0.4) is 0 Å². The minimum absolute atomic E-state index is 0.276. The highest BCUT2D eigenvalue weighted by molar-refractivity contribution is 6.30. The number of likely N-dealkylation sites (tertiary alicyclic amines) is 1. The van der Waals surface area contributed by atoms with E-state index in [0.717, 1.165) is 19.5 Å². The average molecular weight is 230 g/mol. The molecule has 5 heteroatoms. The Morgan fingerprint density at radius 1 is 1.67 bits per heavy atom. The van der Waals surface area contributed by atoms with E-state index in [9.17, 15) is 4.39 Å². The molecule has 1 aromatic heterocycles. The maximum Gasteiger partial charge on any atom is 0.166 e. The largest absolute Gasteiger partial charge is 0.364 e. The highest BCUT2D eigenvalue weighted by atomic mass is 35.5. The molecule has 1 aromatic rings. The van der Waals surface area contributed by atoms with Gasteiger partial charge in [0.2, 0.25) is 0 Å². The van der Waals surface area contributed by atoms with Gasteiger partial charge >= 0.3 is 0 Å². The van der Waals surface area contributed by atoms with Crippen molar-refractivity contribution in [3.63, 3.8) is 0 Å². The molecule has 0 amide bonds. The van der Waals surface area contributed by atoms with Gasteiger partial charge in [0.25, 0.3) is 0 Å². The third kappa shape index (κ3) is 2.58. The maximum atomic E-state index is 13.4. The molecule has 0 spiro atoms. The predicted octanol–water partition coefficient (Wildman–Crippen LogP) is 1.99. The van der Waals surface area contributed by atoms with E-state index in [2.05, 4.69) is 15.2 Å². The third-order valence-corrected chi connectivity index (χ3v) is 2.75. The van der Waals surface area contributed by atoms with Crippen molar-refractivity contribution < 1.29 is 4.39 Å². The lowest BCUT2D eigenvalue weighted by molar-refractivity contribution is 0.413. The van der Waals surface area contributed by atoms with Crippen LogP contribution in [0.5, 0.6) is 0 Å². The summed E-state index contributed by atoms with van der Waals surface area (Å²) in [6.45, 7) is 1.95. The van der Waals surface area contributed by atoms with Crippen LogP contribution in [0.4, 0.5) is 10.2 Å². The van der Waals surface area contributed by atoms with Gasteiger partial charge in [-0.3, -0.25) is 0 Å². The van der Waals surface area contributed by atoms with Crippen molar-refractivity contribution in [1.29, 1.82) is 0 Å². The number of nitrogens with zero attached hydrogens (tertiary/aromatic N) is 2. The molecule has 0 saturated carbocycles. The van der Waals surface area contributed by atoms with Crippen molar-refractivity contribution in [2.75, 3.05) is 25.5 Å². The van der Waals surface area contributed by atoms with E-state index in [-0.39, 0.29) is 6.04 Å². The smallest absolute Gasteiger partial charge is 0.166 e. The number of hydrogen-bond acceptors (Lipinski definition) is 3. The zero-order valence-corrected chi connectivity index (χ0v) is 9.26. The summed E-state index contributed by atoms with van der Waals surface area (Å²) in [6.07, 6.45) is 2.46. The molecule has 82 valence electrons. The fourth-order valence-electron chi connectivity index (χ4n) is 1.77. The molecule has 1 N–H and O–H groups in total. The summed E-state index contributed by atoms with van der Waals surface area (Å²) in [7, 11) is 2.05. The minimum atomic E-state index is -0.392. The van der Waals surface area contributed by atoms with Gasteiger partial charge in [-0.2, -0.15) is 0 Å². The Morgan fingerprint density at radius 3 is 3.07 bits per heavy atom. The molecule has 1 aliphatic rings. The fraction of sp³-hybridized carbons (Fsp3) is 0.500. The molecule has 1 saturated heterocycles. The van der Waals surface area contributed by atoms with Crippen molar-refractivity contribution in [2.24, 2.45) is 0 Å². The van der Waals surface area contributed by atoms with Crippen molar-refractivity contribution in [3.8, 4) is 0 Å². The third-order valence-electron chi connectivity index (χ3n) is 2.54. The van der Waals surface area contributed by atoms with E-state index in [1.54, 1.807) is 0 Å². The monoisotopic (exact) mass is 229 g/mol. The summed E-state index contributed by atoms with van der Waals surface area (Å²) in [4.78, 5) is 6.13. The lowest BCUT2D eigenvalue weighted by atomic mass is 10.2. The average Bonchev–Trinajstić information content (AvgIpc) is 2.56. The lowest BCUT2D eigenvalue weighted by Crippen LogP contribution is -2.24. The Hall–Kier alpha value is -0.870. The quantitative estimate of drug-likeness (QED) is 0.841. The van der Waals surface area contributed by atoms with E-state index < -0.39 is 5.82 Å². The molecule has 0 radical (unpaired) electrons. The number of pyridine rings is 1. The molecule has 1 aliphatic heterocycles. The van der Waals surface area contributed by atoms with Crippen LogP contribution in [0.15, 0.2) is 12.3 Å². The van der Waals surface area contributed by atoms with Crippen LogP contribution < -0.4 is 5.32 Å². The van der Waals surface area contributed by atoms with Crippen LogP contribution >= 0.6 is 11.6 Å². The Labute approximate surface area is 93.2 Å². The Bertz CT molecular complexity index is 359. The summed E-state index contributed by atoms with van der Waals surface area (Å²) in [5.41, 5.74) is 0. The van der Waals surface area contributed by atoms with E-state index in [0.29, 0.717) is 10.8 Å². The number of likely N-dealkylation sites (N-methyl/N-ethyl adjacent to an activating group) is 1. The van der Waals surface area contributed by atoms with E-state index in [1.807, 2.05) is 7.05 Å². The Morgan fingerprint density at radius 2 is 2.47 bits per heavy atom. The molecule has 0 bridgehead atoms. The summed E-state index contributed by atoms with van der Waals surface area (Å²) in [5, 5.41) is 3.40. The maximum absolute atomic E-state index is 13.4. The van der Waals surface area contributed by atoms with Gasteiger partial charge in [0.1, 0.15) is 0 Å². The lowest BCUT2D eigenvalue weighted by Gasteiger charge is -2.13. The Balaban J connectivity index is 2.04. The van der Waals surface area contributed by atoms with Gasteiger partial charge in [-0.25, -0.2) is 9.37 Å². The molecule has 0 aromatic carbocycles. The predicted molar refractivity (Wildman–Crippen MR) is 58.7 cm³/mol. The van der Waals surface area contributed by atoms with Crippen molar-refractivity contribution in [3.05, 3.63) is 23.1 Å². The molecule has 1 unspecified atom stereocenters. The van der Waals surface area contributed by atoms with Gasteiger partial charge in [-0.05, 0) is 26.1 Å². The van der Waals surface area contributed by atoms with Crippen molar-refractivity contribution in [1.82, 2.24) is 9.88 Å². The normalized spacial score (nSPS) is 21.9. The second kappa shape index (κ2) is 4.33. The van der Waals surface area contributed by atoms with Crippen LogP contribution in [0, 0.1) is 5.82 Å². The van der Waals surface area contributed by atoms with Gasteiger partial charge in [0.15, 0.2) is 11.6 Å². The highest BCUT2D eigenvalue weighted by Crippen LogP contribution is 2.18. The summed E-state index contributed by atoms with van der Waals surface area (Å²) in [6, 6.07) is 1.55. The fourth-order valence-corrected chi connectivity index (χ4v) is 1.91. The van der Waals surface area contributed by atoms with Crippen LogP contribution in [-0.4, -0.2) is 36.1 Å². The summed E-state index contributed by atoms with van der Waals surface area (Å²) in [5.74, 6) is -0.100. The first kappa shape index (κ1) is 10.6. The van der Waals surface area contributed by atoms with Crippen LogP contribution in [0.2, 0.25) is 5.02 Å². The second-order valence-corrected chi connectivity index (χ2v) is 4.31. The highest BCUT2D eigenvalue weighted by Gasteiger charge is 2.20. The van der Waals surface area contributed by atoms with Gasteiger partial charge < -0.3 is 10.2 Å². The molecule has 15 heavy (non-hydrogen) atoms. The van der Waals surface area contributed by atoms with Crippen LogP contribution in [0.1, 0.15) is 6.42 Å². The number of hydrogen-bond donors (Lipinski definition) is 1. The van der Waals surface area contributed by atoms with E-state index in [1.165, 1.54) is 12.3 Å². The van der Waals surface area contributed by atoms with Gasteiger partial charge in [0, 0.05) is 18.8 Å². The molecule has 1 fully saturated rings. The molecular formula is C10H13ClFN3. The topological polar surface area (TPSA) is 28.2 Å².